The molecule has 7 nitrogen and oxygen atoms in total. The van der Waals surface area contributed by atoms with Crippen LogP contribution in [0.1, 0.15) is 6.92 Å². The number of nitrogens with one attached hydrogen (secondary N) is 1. The average molecular weight is 402 g/mol. The lowest BCUT2D eigenvalue weighted by atomic mass is 10.3. The van der Waals surface area contributed by atoms with Gasteiger partial charge in [-0.25, -0.2) is 0 Å². The fourth-order valence-corrected chi connectivity index (χ4v) is 3.38. The van der Waals surface area contributed by atoms with Gasteiger partial charge in [0.15, 0.2) is 5.16 Å². The maximum Gasteiger partial charge on any atom is 0.244 e. The zero-order valence-corrected chi connectivity index (χ0v) is 16.2. The number of halogens is 2. The first-order chi connectivity index (χ1) is 11.8. The van der Waals surface area contributed by atoms with Crippen molar-refractivity contribution in [2.45, 2.75) is 17.3 Å². The molecule has 0 radical (unpaired) electrons. The number of carbonyl (C=O) groups excluding carboxylic acids is 2. The lowest BCUT2D eigenvalue weighted by Gasteiger charge is -2.20. The van der Waals surface area contributed by atoms with Gasteiger partial charge in [-0.05, 0) is 19.1 Å². The van der Waals surface area contributed by atoms with Gasteiger partial charge in [0.1, 0.15) is 6.33 Å². The molecule has 25 heavy (non-hydrogen) atoms. The van der Waals surface area contributed by atoms with E-state index >= 15 is 0 Å². The fourth-order valence-electron chi connectivity index (χ4n) is 1.99. The van der Waals surface area contributed by atoms with Crippen molar-refractivity contribution in [2.24, 2.45) is 7.05 Å². The highest BCUT2D eigenvalue weighted by molar-refractivity contribution is 8.00. The van der Waals surface area contributed by atoms with E-state index in [1.165, 1.54) is 16.7 Å². The number of carbonyl (C=O) groups is 2. The predicted octanol–water partition coefficient (Wildman–Crippen LogP) is 2.70. The molecule has 0 aliphatic carbocycles. The van der Waals surface area contributed by atoms with Crippen LogP contribution in [0.25, 0.3) is 0 Å². The number of aryl methyl sites for hydroxylation is 1. The second kappa shape index (κ2) is 8.55. The summed E-state index contributed by atoms with van der Waals surface area (Å²) in [5, 5.41) is 11.2. The minimum atomic E-state index is -0.412. The number of likely N-dealkylation sites (N-methyl/N-ethyl adjacent to an activating group) is 1. The van der Waals surface area contributed by atoms with Gasteiger partial charge in [-0.3, -0.25) is 9.59 Å². The zero-order chi connectivity index (χ0) is 18.6. The van der Waals surface area contributed by atoms with Crippen molar-refractivity contribution in [3.63, 3.8) is 0 Å². The van der Waals surface area contributed by atoms with E-state index in [-0.39, 0.29) is 18.4 Å². The number of aromatic nitrogens is 3. The van der Waals surface area contributed by atoms with Gasteiger partial charge in [0.25, 0.3) is 0 Å². The Morgan fingerprint density at radius 3 is 2.56 bits per heavy atom. The molecule has 0 fully saturated rings. The van der Waals surface area contributed by atoms with E-state index in [4.69, 9.17) is 23.2 Å². The van der Waals surface area contributed by atoms with E-state index in [2.05, 4.69) is 15.5 Å². The summed E-state index contributed by atoms with van der Waals surface area (Å²) in [6.45, 7) is 1.63. The number of hydrogen-bond donors (Lipinski definition) is 1. The molecule has 0 saturated carbocycles. The van der Waals surface area contributed by atoms with Gasteiger partial charge < -0.3 is 14.8 Å². The Balaban J connectivity index is 1.94. The van der Waals surface area contributed by atoms with Crippen LogP contribution in [0.3, 0.4) is 0 Å². The molecule has 134 valence electrons. The number of hydrogen-bond acceptors (Lipinski definition) is 5. The standard InChI is InChI=1S/C15H17Cl2N5O2S/c1-9(25-15-20-18-8-22(15)3)14(24)21(2)7-12(23)19-13-10(16)5-4-6-11(13)17/h4-6,8-9H,7H2,1-3H3,(H,19,23). The third-order valence-electron chi connectivity index (χ3n) is 3.28. The van der Waals surface area contributed by atoms with Crippen molar-refractivity contribution in [2.75, 3.05) is 18.9 Å². The smallest absolute Gasteiger partial charge is 0.244 e. The van der Waals surface area contributed by atoms with Crippen LogP contribution in [0.15, 0.2) is 29.7 Å². The lowest BCUT2D eigenvalue weighted by molar-refractivity contribution is -0.132. The second-order valence-corrected chi connectivity index (χ2v) is 7.45. The SMILES string of the molecule is CC(Sc1nncn1C)C(=O)N(C)CC(=O)Nc1c(Cl)cccc1Cl. The van der Waals surface area contributed by atoms with Gasteiger partial charge in [-0.1, -0.05) is 41.0 Å². The van der Waals surface area contributed by atoms with Gasteiger partial charge in [0, 0.05) is 14.1 Å². The number of para-hydroxylation sites is 1. The molecule has 2 rings (SSSR count). The third-order valence-corrected chi connectivity index (χ3v) is 5.05. The van der Waals surface area contributed by atoms with Crippen LogP contribution in [0.5, 0.6) is 0 Å². The van der Waals surface area contributed by atoms with Crippen molar-refractivity contribution in [1.29, 1.82) is 0 Å². The van der Waals surface area contributed by atoms with Crippen LogP contribution in [-0.2, 0) is 16.6 Å². The number of rotatable bonds is 6. The van der Waals surface area contributed by atoms with Crippen LogP contribution in [0.4, 0.5) is 5.69 Å². The van der Waals surface area contributed by atoms with Crippen molar-refractivity contribution < 1.29 is 9.59 Å². The monoisotopic (exact) mass is 401 g/mol. The summed E-state index contributed by atoms with van der Waals surface area (Å²) in [6, 6.07) is 4.93. The molecule has 2 amide bonds. The van der Waals surface area contributed by atoms with Crippen LogP contribution >= 0.6 is 35.0 Å². The number of thioether (sulfide) groups is 1. The fraction of sp³-hybridized carbons (Fsp3) is 0.333. The normalized spacial score (nSPS) is 11.9. The maximum absolute atomic E-state index is 12.4. The summed E-state index contributed by atoms with van der Waals surface area (Å²) >= 11 is 13.3. The molecule has 0 saturated heterocycles. The topological polar surface area (TPSA) is 80.1 Å². The Morgan fingerprint density at radius 2 is 2.00 bits per heavy atom. The van der Waals surface area contributed by atoms with Crippen LogP contribution < -0.4 is 5.32 Å². The van der Waals surface area contributed by atoms with Gasteiger partial charge in [-0.15, -0.1) is 10.2 Å². The molecule has 2 aromatic rings. The first-order valence-electron chi connectivity index (χ1n) is 7.29. The van der Waals surface area contributed by atoms with Crippen molar-refractivity contribution in [3.05, 3.63) is 34.6 Å². The Hall–Kier alpha value is -1.77. The van der Waals surface area contributed by atoms with Gasteiger partial charge >= 0.3 is 0 Å². The van der Waals surface area contributed by atoms with E-state index in [0.717, 1.165) is 0 Å². The Kier molecular flexibility index (Phi) is 6.69. The molecule has 1 atom stereocenters. The molecule has 1 N–H and O–H groups in total. The minimum absolute atomic E-state index is 0.121. The Bertz CT molecular complexity index is 763. The highest BCUT2D eigenvalue weighted by atomic mass is 35.5. The number of nitrogens with zero attached hydrogens (tertiary/aromatic N) is 4. The molecule has 1 unspecified atom stereocenters. The summed E-state index contributed by atoms with van der Waals surface area (Å²) in [4.78, 5) is 25.9. The molecule has 0 bridgehead atoms. The molecule has 10 heteroatoms. The molecular formula is C15H17Cl2N5O2S. The molecule has 1 aromatic carbocycles. The Labute approximate surface area is 159 Å². The molecule has 0 aliphatic heterocycles. The highest BCUT2D eigenvalue weighted by Crippen LogP contribution is 2.29. The third kappa shape index (κ3) is 5.10. The molecule has 0 spiro atoms. The summed E-state index contributed by atoms with van der Waals surface area (Å²) in [5.41, 5.74) is 0.332. The summed E-state index contributed by atoms with van der Waals surface area (Å²) in [5.74, 6) is -0.588. The summed E-state index contributed by atoms with van der Waals surface area (Å²) in [7, 11) is 3.36. The maximum atomic E-state index is 12.4. The highest BCUT2D eigenvalue weighted by Gasteiger charge is 2.22. The zero-order valence-electron chi connectivity index (χ0n) is 13.9. The van der Waals surface area contributed by atoms with E-state index in [9.17, 15) is 9.59 Å². The van der Waals surface area contributed by atoms with Crippen molar-refractivity contribution >= 4 is 52.5 Å². The second-order valence-electron chi connectivity index (χ2n) is 5.32. The average Bonchev–Trinajstić information content (AvgIpc) is 2.95. The van der Waals surface area contributed by atoms with Crippen LogP contribution in [0, 0.1) is 0 Å². The number of amides is 2. The van der Waals surface area contributed by atoms with Gasteiger partial charge in [0.2, 0.25) is 11.8 Å². The Morgan fingerprint density at radius 1 is 1.36 bits per heavy atom. The van der Waals surface area contributed by atoms with E-state index in [0.29, 0.717) is 20.9 Å². The van der Waals surface area contributed by atoms with E-state index in [1.54, 1.807) is 50.1 Å². The number of anilines is 1. The molecule has 0 aliphatic rings. The summed E-state index contributed by atoms with van der Waals surface area (Å²) in [6.07, 6.45) is 1.56. The summed E-state index contributed by atoms with van der Waals surface area (Å²) < 4.78 is 1.72. The van der Waals surface area contributed by atoms with Crippen LogP contribution in [0.2, 0.25) is 10.0 Å². The van der Waals surface area contributed by atoms with Gasteiger partial charge in [0.05, 0.1) is 27.5 Å². The number of benzene rings is 1. The van der Waals surface area contributed by atoms with Crippen molar-refractivity contribution in [1.82, 2.24) is 19.7 Å². The van der Waals surface area contributed by atoms with E-state index < -0.39 is 5.25 Å². The first-order valence-corrected chi connectivity index (χ1v) is 8.92. The molecule has 1 aromatic heterocycles. The van der Waals surface area contributed by atoms with Gasteiger partial charge in [-0.2, -0.15) is 0 Å². The molecular weight excluding hydrogens is 385 g/mol. The minimum Gasteiger partial charge on any atom is -0.335 e. The quantitative estimate of drug-likeness (QED) is 0.752. The largest absolute Gasteiger partial charge is 0.335 e. The van der Waals surface area contributed by atoms with Crippen molar-refractivity contribution in [3.8, 4) is 0 Å². The molecule has 1 heterocycles. The first kappa shape index (κ1) is 19.6. The lowest BCUT2D eigenvalue weighted by Crippen LogP contribution is -2.39. The predicted molar refractivity (Wildman–Crippen MR) is 99.1 cm³/mol. The van der Waals surface area contributed by atoms with E-state index in [1.807, 2.05) is 0 Å². The van der Waals surface area contributed by atoms with Crippen LogP contribution in [-0.4, -0.2) is 50.3 Å².